The molecule has 1 aliphatic carbocycles. The molecule has 1 aromatic heterocycles. The van der Waals surface area contributed by atoms with Gasteiger partial charge in [-0.2, -0.15) is 0 Å². The molecule has 3 rings (SSSR count). The predicted octanol–water partition coefficient (Wildman–Crippen LogP) is 3.83. The van der Waals surface area contributed by atoms with Gasteiger partial charge < -0.3 is 4.74 Å². The van der Waals surface area contributed by atoms with Gasteiger partial charge in [-0.3, -0.25) is 4.79 Å². The molecule has 4 heteroatoms. The SMILES string of the molecule is COc1ccc2c(c1)CCC2CC(=O)Sc1ccccn1. The number of fused-ring (bicyclic) bond motifs is 1. The van der Waals surface area contributed by atoms with E-state index >= 15 is 0 Å². The van der Waals surface area contributed by atoms with Crippen molar-refractivity contribution in [1.82, 2.24) is 4.98 Å². The lowest BCUT2D eigenvalue weighted by atomic mass is 9.98. The third-order valence-electron chi connectivity index (χ3n) is 3.82. The third kappa shape index (κ3) is 3.27. The highest BCUT2D eigenvalue weighted by atomic mass is 32.2. The lowest BCUT2D eigenvalue weighted by molar-refractivity contribution is -0.111. The number of pyridine rings is 1. The molecule has 108 valence electrons. The lowest BCUT2D eigenvalue weighted by Crippen LogP contribution is -2.01. The van der Waals surface area contributed by atoms with E-state index in [1.165, 1.54) is 22.9 Å². The maximum Gasteiger partial charge on any atom is 0.195 e. The molecule has 0 saturated heterocycles. The molecular weight excluding hydrogens is 282 g/mol. The van der Waals surface area contributed by atoms with Gasteiger partial charge in [-0.05, 0) is 65.9 Å². The Bertz CT molecular complexity index is 642. The van der Waals surface area contributed by atoms with Crippen molar-refractivity contribution in [1.29, 1.82) is 0 Å². The molecule has 1 aliphatic rings. The molecule has 1 heterocycles. The Morgan fingerprint density at radius 3 is 3.05 bits per heavy atom. The van der Waals surface area contributed by atoms with Crippen molar-refractivity contribution in [2.24, 2.45) is 0 Å². The summed E-state index contributed by atoms with van der Waals surface area (Å²) in [5, 5.41) is 0.956. The highest BCUT2D eigenvalue weighted by Gasteiger charge is 2.25. The molecule has 1 unspecified atom stereocenters. The van der Waals surface area contributed by atoms with E-state index in [-0.39, 0.29) is 5.12 Å². The largest absolute Gasteiger partial charge is 0.497 e. The maximum absolute atomic E-state index is 12.2. The van der Waals surface area contributed by atoms with Gasteiger partial charge in [0.2, 0.25) is 0 Å². The van der Waals surface area contributed by atoms with Crippen LogP contribution in [-0.2, 0) is 11.2 Å². The number of rotatable bonds is 4. The zero-order valence-electron chi connectivity index (χ0n) is 11.9. The van der Waals surface area contributed by atoms with Crippen LogP contribution in [0.25, 0.3) is 0 Å². The van der Waals surface area contributed by atoms with Crippen molar-refractivity contribution < 1.29 is 9.53 Å². The van der Waals surface area contributed by atoms with Gasteiger partial charge in [-0.1, -0.05) is 12.1 Å². The Labute approximate surface area is 128 Å². The Morgan fingerprint density at radius 1 is 1.38 bits per heavy atom. The van der Waals surface area contributed by atoms with Crippen LogP contribution in [0.2, 0.25) is 0 Å². The topological polar surface area (TPSA) is 39.2 Å². The van der Waals surface area contributed by atoms with Crippen LogP contribution in [0.15, 0.2) is 47.6 Å². The second-order valence-electron chi connectivity index (χ2n) is 5.15. The summed E-state index contributed by atoms with van der Waals surface area (Å²) in [6, 6.07) is 11.8. The Morgan fingerprint density at radius 2 is 2.29 bits per heavy atom. The zero-order chi connectivity index (χ0) is 14.7. The van der Waals surface area contributed by atoms with E-state index in [4.69, 9.17) is 4.74 Å². The van der Waals surface area contributed by atoms with E-state index in [0.717, 1.165) is 23.6 Å². The van der Waals surface area contributed by atoms with Gasteiger partial charge in [-0.25, -0.2) is 4.98 Å². The molecule has 3 nitrogen and oxygen atoms in total. The van der Waals surface area contributed by atoms with Gasteiger partial charge in [0.1, 0.15) is 10.8 Å². The predicted molar refractivity (Wildman–Crippen MR) is 83.8 cm³/mol. The quantitative estimate of drug-likeness (QED) is 0.804. The number of ether oxygens (including phenoxy) is 1. The van der Waals surface area contributed by atoms with Gasteiger partial charge in [0.05, 0.1) is 7.11 Å². The molecule has 2 aromatic rings. The number of nitrogens with zero attached hydrogens (tertiary/aromatic N) is 1. The van der Waals surface area contributed by atoms with Crippen molar-refractivity contribution in [3.63, 3.8) is 0 Å². The summed E-state index contributed by atoms with van der Waals surface area (Å²) in [5.74, 6) is 1.22. The van der Waals surface area contributed by atoms with Crippen molar-refractivity contribution in [3.05, 3.63) is 53.7 Å². The Kier molecular flexibility index (Phi) is 4.25. The van der Waals surface area contributed by atoms with E-state index in [1.807, 2.05) is 24.3 Å². The minimum atomic E-state index is 0.183. The number of hydrogen-bond acceptors (Lipinski definition) is 4. The van der Waals surface area contributed by atoms with E-state index in [0.29, 0.717) is 12.3 Å². The van der Waals surface area contributed by atoms with Crippen LogP contribution in [0.4, 0.5) is 0 Å². The first-order valence-corrected chi connectivity index (χ1v) is 7.86. The Balaban J connectivity index is 1.66. The molecular formula is C17H17NO2S. The monoisotopic (exact) mass is 299 g/mol. The van der Waals surface area contributed by atoms with Gasteiger partial charge >= 0.3 is 0 Å². The molecule has 0 aliphatic heterocycles. The molecule has 0 amide bonds. The summed E-state index contributed by atoms with van der Waals surface area (Å²) in [4.78, 5) is 16.4. The summed E-state index contributed by atoms with van der Waals surface area (Å²) in [7, 11) is 1.68. The highest BCUT2D eigenvalue weighted by molar-refractivity contribution is 8.13. The molecule has 0 fully saturated rings. The van der Waals surface area contributed by atoms with E-state index in [9.17, 15) is 4.79 Å². The maximum atomic E-state index is 12.2. The van der Waals surface area contributed by atoms with Gasteiger partial charge in [-0.15, -0.1) is 0 Å². The number of methoxy groups -OCH3 is 1. The summed E-state index contributed by atoms with van der Waals surface area (Å²) in [6.45, 7) is 0. The van der Waals surface area contributed by atoms with Crippen LogP contribution in [0.1, 0.15) is 29.9 Å². The summed E-state index contributed by atoms with van der Waals surface area (Å²) < 4.78 is 5.26. The normalized spacial score (nSPS) is 16.5. The van der Waals surface area contributed by atoms with Crippen LogP contribution >= 0.6 is 11.8 Å². The highest BCUT2D eigenvalue weighted by Crippen LogP contribution is 2.38. The smallest absolute Gasteiger partial charge is 0.195 e. The molecule has 0 radical (unpaired) electrons. The molecule has 0 N–H and O–H groups in total. The summed E-state index contributed by atoms with van der Waals surface area (Å²) in [6.07, 6.45) is 4.35. The van der Waals surface area contributed by atoms with Gasteiger partial charge in [0.25, 0.3) is 0 Å². The number of aromatic nitrogens is 1. The average Bonchev–Trinajstić information content (AvgIpc) is 2.90. The van der Waals surface area contributed by atoms with E-state index in [1.54, 1.807) is 13.3 Å². The fourth-order valence-corrected chi connectivity index (χ4v) is 3.57. The summed E-state index contributed by atoms with van der Waals surface area (Å²) >= 11 is 1.24. The van der Waals surface area contributed by atoms with Crippen molar-refractivity contribution >= 4 is 16.9 Å². The first-order chi connectivity index (χ1) is 10.3. The van der Waals surface area contributed by atoms with Crippen LogP contribution in [0, 0.1) is 0 Å². The number of thioether (sulfide) groups is 1. The minimum Gasteiger partial charge on any atom is -0.497 e. The average molecular weight is 299 g/mol. The van der Waals surface area contributed by atoms with Crippen molar-refractivity contribution in [2.75, 3.05) is 7.11 Å². The van der Waals surface area contributed by atoms with Crippen molar-refractivity contribution in [2.45, 2.75) is 30.2 Å². The standard InChI is InChI=1S/C17H17NO2S/c1-20-14-7-8-15-12(10-14)5-6-13(15)11-17(19)21-16-4-2-3-9-18-16/h2-4,7-10,13H,5-6,11H2,1H3. The number of benzene rings is 1. The number of carbonyl (C=O) groups is 1. The van der Waals surface area contributed by atoms with Crippen LogP contribution in [-0.4, -0.2) is 17.2 Å². The van der Waals surface area contributed by atoms with Gasteiger partial charge in [0.15, 0.2) is 5.12 Å². The van der Waals surface area contributed by atoms with E-state index in [2.05, 4.69) is 17.1 Å². The molecule has 21 heavy (non-hydrogen) atoms. The van der Waals surface area contributed by atoms with Crippen molar-refractivity contribution in [3.8, 4) is 5.75 Å². The molecule has 0 bridgehead atoms. The molecule has 1 aromatic carbocycles. The second kappa shape index (κ2) is 6.31. The lowest BCUT2D eigenvalue weighted by Gasteiger charge is -2.11. The second-order valence-corrected chi connectivity index (χ2v) is 6.22. The summed E-state index contributed by atoms with van der Waals surface area (Å²) in [5.41, 5.74) is 2.61. The number of hydrogen-bond donors (Lipinski definition) is 0. The molecule has 1 atom stereocenters. The van der Waals surface area contributed by atoms with Crippen LogP contribution in [0.3, 0.4) is 0 Å². The number of aryl methyl sites for hydroxylation is 1. The minimum absolute atomic E-state index is 0.183. The van der Waals surface area contributed by atoms with E-state index < -0.39 is 0 Å². The van der Waals surface area contributed by atoms with Crippen LogP contribution < -0.4 is 4.74 Å². The van der Waals surface area contributed by atoms with Gasteiger partial charge in [0, 0.05) is 12.6 Å². The van der Waals surface area contributed by atoms with Crippen LogP contribution in [0.5, 0.6) is 5.75 Å². The first kappa shape index (κ1) is 14.1. The Hall–Kier alpha value is -1.81. The first-order valence-electron chi connectivity index (χ1n) is 7.05. The fraction of sp³-hybridized carbons (Fsp3) is 0.294. The third-order valence-corrected chi connectivity index (χ3v) is 4.67. The fourth-order valence-electron chi connectivity index (χ4n) is 2.79. The molecule has 0 saturated carbocycles. The number of carbonyl (C=O) groups excluding carboxylic acids is 1. The zero-order valence-corrected chi connectivity index (χ0v) is 12.7. The molecule has 0 spiro atoms.